The van der Waals surface area contributed by atoms with Crippen molar-refractivity contribution in [3.05, 3.63) is 53.3 Å². The molecule has 2 N–H and O–H groups in total. The number of hydrogen-bond acceptors (Lipinski definition) is 2. The molecule has 1 aliphatic heterocycles. The Balaban J connectivity index is 1.68. The van der Waals surface area contributed by atoms with Crippen molar-refractivity contribution < 1.29 is 0 Å². The van der Waals surface area contributed by atoms with Crippen LogP contribution in [0.4, 0.5) is 0 Å². The lowest BCUT2D eigenvalue weighted by molar-refractivity contribution is 0.396. The molecule has 0 spiro atoms. The third kappa shape index (κ3) is 3.24. The first-order chi connectivity index (χ1) is 9.42. The van der Waals surface area contributed by atoms with Gasteiger partial charge in [-0.1, -0.05) is 36.8 Å². The van der Waals surface area contributed by atoms with Crippen molar-refractivity contribution in [1.82, 2.24) is 15.5 Å². The number of hydrogen-bond donors (Lipinski definition) is 2. The van der Waals surface area contributed by atoms with Gasteiger partial charge in [-0.15, -0.1) is 0 Å². The van der Waals surface area contributed by atoms with E-state index >= 15 is 0 Å². The molecule has 0 radical (unpaired) electrons. The first-order valence-electron chi connectivity index (χ1n) is 7.20. The van der Waals surface area contributed by atoms with Crippen molar-refractivity contribution in [3.8, 4) is 0 Å². The summed E-state index contributed by atoms with van der Waals surface area (Å²) >= 11 is 0. The molecule has 2 aromatic rings. The first kappa shape index (κ1) is 12.4. The minimum Gasteiger partial charge on any atom is -0.314 e. The van der Waals surface area contributed by atoms with Gasteiger partial charge in [-0.25, -0.2) is 0 Å². The lowest BCUT2D eigenvalue weighted by atomic mass is 9.97. The van der Waals surface area contributed by atoms with Crippen LogP contribution in [0.25, 0.3) is 0 Å². The molecule has 0 aliphatic carbocycles. The predicted octanol–water partition coefficient (Wildman–Crippen LogP) is 2.69. The van der Waals surface area contributed by atoms with Gasteiger partial charge in [0.1, 0.15) is 0 Å². The molecule has 2 heterocycles. The van der Waals surface area contributed by atoms with E-state index in [0.717, 1.165) is 19.4 Å². The quantitative estimate of drug-likeness (QED) is 0.882. The van der Waals surface area contributed by atoms with E-state index in [4.69, 9.17) is 0 Å². The SMILES string of the molecule is c1ccc(Cc2cn[nH]c2CC2CCCCN2)cc1. The van der Waals surface area contributed by atoms with Gasteiger partial charge < -0.3 is 5.32 Å². The fourth-order valence-corrected chi connectivity index (χ4v) is 2.83. The molecular formula is C16H21N3. The fourth-order valence-electron chi connectivity index (χ4n) is 2.83. The van der Waals surface area contributed by atoms with Crippen LogP contribution in [0.5, 0.6) is 0 Å². The molecule has 1 aromatic carbocycles. The van der Waals surface area contributed by atoms with Crippen LogP contribution in [0.2, 0.25) is 0 Å². The second kappa shape index (κ2) is 6.02. The number of rotatable bonds is 4. The lowest BCUT2D eigenvalue weighted by Gasteiger charge is -2.23. The number of benzene rings is 1. The summed E-state index contributed by atoms with van der Waals surface area (Å²) in [5.74, 6) is 0. The van der Waals surface area contributed by atoms with Gasteiger partial charge in [0.25, 0.3) is 0 Å². The maximum absolute atomic E-state index is 4.23. The topological polar surface area (TPSA) is 40.7 Å². The molecule has 1 saturated heterocycles. The summed E-state index contributed by atoms with van der Waals surface area (Å²) in [6, 6.07) is 11.2. The Hall–Kier alpha value is -1.61. The first-order valence-corrected chi connectivity index (χ1v) is 7.20. The maximum atomic E-state index is 4.23. The number of nitrogens with one attached hydrogen (secondary N) is 2. The molecule has 0 amide bonds. The third-order valence-corrected chi connectivity index (χ3v) is 3.91. The van der Waals surface area contributed by atoms with Gasteiger partial charge in [0.2, 0.25) is 0 Å². The van der Waals surface area contributed by atoms with Crippen LogP contribution in [-0.2, 0) is 12.8 Å². The molecule has 100 valence electrons. The smallest absolute Gasteiger partial charge is 0.0525 e. The minimum atomic E-state index is 0.615. The standard InChI is InChI=1S/C16H21N3/c1-2-6-13(7-3-1)10-14-12-18-19-16(14)11-15-8-4-5-9-17-15/h1-3,6-7,12,15,17H,4-5,8-11H2,(H,18,19). The number of piperidine rings is 1. The highest BCUT2D eigenvalue weighted by Gasteiger charge is 2.16. The molecule has 1 unspecified atom stereocenters. The van der Waals surface area contributed by atoms with Crippen molar-refractivity contribution in [3.63, 3.8) is 0 Å². The molecule has 0 saturated carbocycles. The second-order valence-electron chi connectivity index (χ2n) is 5.39. The van der Waals surface area contributed by atoms with Gasteiger partial charge in [-0.3, -0.25) is 5.10 Å². The van der Waals surface area contributed by atoms with Crippen LogP contribution in [0.1, 0.15) is 36.1 Å². The van der Waals surface area contributed by atoms with Crippen LogP contribution in [0.3, 0.4) is 0 Å². The fraction of sp³-hybridized carbons (Fsp3) is 0.438. The van der Waals surface area contributed by atoms with Gasteiger partial charge in [-0.05, 0) is 30.5 Å². The minimum absolute atomic E-state index is 0.615. The number of aromatic amines is 1. The van der Waals surface area contributed by atoms with E-state index in [2.05, 4.69) is 45.8 Å². The predicted molar refractivity (Wildman–Crippen MR) is 77.2 cm³/mol. The molecule has 19 heavy (non-hydrogen) atoms. The zero-order chi connectivity index (χ0) is 12.9. The van der Waals surface area contributed by atoms with Crippen molar-refractivity contribution in [2.75, 3.05) is 6.54 Å². The van der Waals surface area contributed by atoms with E-state index in [-0.39, 0.29) is 0 Å². The summed E-state index contributed by atoms with van der Waals surface area (Å²) in [5.41, 5.74) is 3.98. The van der Waals surface area contributed by atoms with Crippen LogP contribution in [0.15, 0.2) is 36.5 Å². The van der Waals surface area contributed by atoms with E-state index in [1.165, 1.54) is 36.1 Å². The average molecular weight is 255 g/mol. The normalized spacial score (nSPS) is 19.5. The zero-order valence-electron chi connectivity index (χ0n) is 11.2. The van der Waals surface area contributed by atoms with Gasteiger partial charge in [0, 0.05) is 24.6 Å². The highest BCUT2D eigenvalue weighted by atomic mass is 15.1. The number of nitrogens with zero attached hydrogens (tertiary/aromatic N) is 1. The largest absolute Gasteiger partial charge is 0.314 e. The molecule has 0 bridgehead atoms. The molecule has 3 nitrogen and oxygen atoms in total. The Kier molecular flexibility index (Phi) is 3.94. The van der Waals surface area contributed by atoms with E-state index in [1.54, 1.807) is 0 Å². The number of H-pyrrole nitrogens is 1. The second-order valence-corrected chi connectivity index (χ2v) is 5.39. The molecule has 1 fully saturated rings. The molecule has 1 aromatic heterocycles. The third-order valence-electron chi connectivity index (χ3n) is 3.91. The van der Waals surface area contributed by atoms with E-state index in [0.29, 0.717) is 6.04 Å². The van der Waals surface area contributed by atoms with Crippen LogP contribution < -0.4 is 5.32 Å². The summed E-state index contributed by atoms with van der Waals surface area (Å²) in [5, 5.41) is 11.0. The van der Waals surface area contributed by atoms with Crippen molar-refractivity contribution >= 4 is 0 Å². The van der Waals surface area contributed by atoms with E-state index in [1.807, 2.05) is 6.20 Å². The van der Waals surface area contributed by atoms with Gasteiger partial charge >= 0.3 is 0 Å². The van der Waals surface area contributed by atoms with Crippen LogP contribution in [0, 0.1) is 0 Å². The van der Waals surface area contributed by atoms with E-state index in [9.17, 15) is 0 Å². The highest BCUT2D eigenvalue weighted by Crippen LogP contribution is 2.17. The maximum Gasteiger partial charge on any atom is 0.0525 e. The van der Waals surface area contributed by atoms with Gasteiger partial charge in [0.15, 0.2) is 0 Å². The van der Waals surface area contributed by atoms with Crippen LogP contribution in [-0.4, -0.2) is 22.8 Å². The van der Waals surface area contributed by atoms with Crippen molar-refractivity contribution in [1.29, 1.82) is 0 Å². The summed E-state index contributed by atoms with van der Waals surface area (Å²) in [7, 11) is 0. The van der Waals surface area contributed by atoms with Crippen LogP contribution >= 0.6 is 0 Å². The van der Waals surface area contributed by atoms with E-state index < -0.39 is 0 Å². The Labute approximate surface area is 114 Å². The zero-order valence-corrected chi connectivity index (χ0v) is 11.2. The Morgan fingerprint density at radius 2 is 2.05 bits per heavy atom. The molecular weight excluding hydrogens is 234 g/mol. The van der Waals surface area contributed by atoms with Gasteiger partial charge in [0.05, 0.1) is 6.20 Å². The Morgan fingerprint density at radius 3 is 2.84 bits per heavy atom. The lowest BCUT2D eigenvalue weighted by Crippen LogP contribution is -2.35. The molecule has 1 aliphatic rings. The summed E-state index contributed by atoms with van der Waals surface area (Å²) < 4.78 is 0. The molecule has 3 rings (SSSR count). The summed E-state index contributed by atoms with van der Waals surface area (Å²) in [6.45, 7) is 1.16. The van der Waals surface area contributed by atoms with Crippen molar-refractivity contribution in [2.24, 2.45) is 0 Å². The summed E-state index contributed by atoms with van der Waals surface area (Å²) in [6.07, 6.45) is 7.96. The Bertz CT molecular complexity index is 498. The summed E-state index contributed by atoms with van der Waals surface area (Å²) in [4.78, 5) is 0. The molecule has 3 heteroatoms. The Morgan fingerprint density at radius 1 is 1.16 bits per heavy atom. The molecule has 1 atom stereocenters. The average Bonchev–Trinajstić information content (AvgIpc) is 2.88. The van der Waals surface area contributed by atoms with Crippen molar-refractivity contribution in [2.45, 2.75) is 38.1 Å². The highest BCUT2D eigenvalue weighted by molar-refractivity contribution is 5.27. The number of aromatic nitrogens is 2. The monoisotopic (exact) mass is 255 g/mol. The van der Waals surface area contributed by atoms with Gasteiger partial charge in [-0.2, -0.15) is 5.10 Å².